The van der Waals surface area contributed by atoms with E-state index >= 15 is 0 Å². The molecular weight excluding hydrogens is 220 g/mol. The van der Waals surface area contributed by atoms with E-state index < -0.39 is 0 Å². The average Bonchev–Trinajstić information content (AvgIpc) is 2.34. The fourth-order valence-corrected chi connectivity index (χ4v) is 2.77. The first-order chi connectivity index (χ1) is 8.74. The summed E-state index contributed by atoms with van der Waals surface area (Å²) in [5.74, 6) is 0.926. The van der Waals surface area contributed by atoms with E-state index in [1.807, 2.05) is 0 Å². The molecule has 1 atom stereocenters. The Morgan fingerprint density at radius 2 is 1.89 bits per heavy atom. The van der Waals surface area contributed by atoms with Crippen LogP contribution in [0.4, 0.5) is 5.69 Å². The van der Waals surface area contributed by atoms with Crippen molar-refractivity contribution in [3.63, 3.8) is 0 Å². The lowest BCUT2D eigenvalue weighted by Gasteiger charge is -2.41. The van der Waals surface area contributed by atoms with Crippen LogP contribution in [0, 0.1) is 5.92 Å². The van der Waals surface area contributed by atoms with Gasteiger partial charge in [-0.15, -0.1) is 0 Å². The number of nitrogens with zero attached hydrogens (tertiary/aromatic N) is 1. The van der Waals surface area contributed by atoms with Gasteiger partial charge >= 0.3 is 0 Å². The van der Waals surface area contributed by atoms with E-state index in [2.05, 4.69) is 55.3 Å². The summed E-state index contributed by atoms with van der Waals surface area (Å²) >= 11 is 0. The summed E-state index contributed by atoms with van der Waals surface area (Å²) in [4.78, 5) is 2.49. The van der Waals surface area contributed by atoms with Gasteiger partial charge in [-0.2, -0.15) is 0 Å². The summed E-state index contributed by atoms with van der Waals surface area (Å²) in [5.41, 5.74) is 2.76. The summed E-state index contributed by atoms with van der Waals surface area (Å²) < 4.78 is 0. The molecule has 0 radical (unpaired) electrons. The Morgan fingerprint density at radius 3 is 2.44 bits per heavy atom. The molecule has 1 heterocycles. The number of nitrogens with one attached hydrogen (secondary N) is 1. The molecule has 0 aromatic heterocycles. The highest BCUT2D eigenvalue weighted by molar-refractivity contribution is 5.50. The summed E-state index contributed by atoms with van der Waals surface area (Å²) in [5, 5.41) is 3.45. The second-order valence-corrected chi connectivity index (χ2v) is 5.43. The van der Waals surface area contributed by atoms with Crippen molar-refractivity contribution in [1.29, 1.82) is 0 Å². The first-order valence-electron chi connectivity index (χ1n) is 7.32. The van der Waals surface area contributed by atoms with Gasteiger partial charge in [0.1, 0.15) is 0 Å². The molecule has 1 N–H and O–H groups in total. The van der Waals surface area contributed by atoms with Crippen molar-refractivity contribution in [1.82, 2.24) is 5.32 Å². The lowest BCUT2D eigenvalue weighted by atomic mass is 9.94. The van der Waals surface area contributed by atoms with E-state index in [9.17, 15) is 0 Å². The molecule has 1 saturated heterocycles. The SMILES string of the molecule is CCCC1CN(c2ccc(C(C)NCC)cc2)C1. The van der Waals surface area contributed by atoms with Gasteiger partial charge in [-0.1, -0.05) is 32.4 Å². The van der Waals surface area contributed by atoms with Crippen LogP contribution in [0.5, 0.6) is 0 Å². The third-order valence-electron chi connectivity index (χ3n) is 3.92. The van der Waals surface area contributed by atoms with Crippen LogP contribution in [-0.2, 0) is 0 Å². The summed E-state index contributed by atoms with van der Waals surface area (Å²) in [6.45, 7) is 10.2. The standard InChI is InChI=1S/C16H26N2/c1-4-6-14-11-18(12-14)16-9-7-15(8-10-16)13(3)17-5-2/h7-10,13-14,17H,4-6,11-12H2,1-3H3. The third-order valence-corrected chi connectivity index (χ3v) is 3.92. The van der Waals surface area contributed by atoms with E-state index in [1.54, 1.807) is 0 Å². The second-order valence-electron chi connectivity index (χ2n) is 5.43. The molecule has 2 rings (SSSR count). The van der Waals surface area contributed by atoms with E-state index in [1.165, 1.54) is 37.2 Å². The molecule has 0 amide bonds. The molecule has 2 heteroatoms. The van der Waals surface area contributed by atoms with Crippen LogP contribution in [0.25, 0.3) is 0 Å². The summed E-state index contributed by atoms with van der Waals surface area (Å²) in [6, 6.07) is 9.51. The van der Waals surface area contributed by atoms with Gasteiger partial charge in [0.2, 0.25) is 0 Å². The lowest BCUT2D eigenvalue weighted by Crippen LogP contribution is -2.46. The van der Waals surface area contributed by atoms with E-state index in [0.717, 1.165) is 12.5 Å². The highest BCUT2D eigenvalue weighted by Crippen LogP contribution is 2.28. The molecule has 1 fully saturated rings. The number of hydrogen-bond acceptors (Lipinski definition) is 2. The van der Waals surface area contributed by atoms with Gasteiger partial charge < -0.3 is 10.2 Å². The Hall–Kier alpha value is -1.02. The molecule has 1 aliphatic heterocycles. The molecule has 1 aromatic carbocycles. The van der Waals surface area contributed by atoms with Crippen molar-refractivity contribution in [3.8, 4) is 0 Å². The van der Waals surface area contributed by atoms with E-state index in [-0.39, 0.29) is 0 Å². The fourth-order valence-electron chi connectivity index (χ4n) is 2.77. The topological polar surface area (TPSA) is 15.3 Å². The quantitative estimate of drug-likeness (QED) is 0.825. The fraction of sp³-hybridized carbons (Fsp3) is 0.625. The maximum Gasteiger partial charge on any atom is 0.0366 e. The Bertz CT molecular complexity index is 352. The Balaban J connectivity index is 1.89. The number of rotatable bonds is 6. The zero-order chi connectivity index (χ0) is 13.0. The van der Waals surface area contributed by atoms with Gasteiger partial charge in [-0.05, 0) is 43.5 Å². The van der Waals surface area contributed by atoms with Gasteiger partial charge in [0.15, 0.2) is 0 Å². The van der Waals surface area contributed by atoms with E-state index in [0.29, 0.717) is 6.04 Å². The molecule has 0 bridgehead atoms. The van der Waals surface area contributed by atoms with Crippen LogP contribution in [0.3, 0.4) is 0 Å². The van der Waals surface area contributed by atoms with Crippen LogP contribution in [0.1, 0.15) is 45.2 Å². The average molecular weight is 246 g/mol. The number of hydrogen-bond donors (Lipinski definition) is 1. The largest absolute Gasteiger partial charge is 0.371 e. The minimum absolute atomic E-state index is 0.452. The molecular formula is C16H26N2. The molecule has 100 valence electrons. The van der Waals surface area contributed by atoms with Crippen LogP contribution in [-0.4, -0.2) is 19.6 Å². The summed E-state index contributed by atoms with van der Waals surface area (Å²) in [6.07, 6.45) is 2.70. The normalized spacial score (nSPS) is 17.6. The van der Waals surface area contributed by atoms with E-state index in [4.69, 9.17) is 0 Å². The molecule has 18 heavy (non-hydrogen) atoms. The predicted octanol–water partition coefficient (Wildman–Crippen LogP) is 3.59. The van der Waals surface area contributed by atoms with Gasteiger partial charge in [0.05, 0.1) is 0 Å². The first-order valence-corrected chi connectivity index (χ1v) is 7.32. The highest BCUT2D eigenvalue weighted by atomic mass is 15.2. The van der Waals surface area contributed by atoms with Crippen molar-refractivity contribution >= 4 is 5.69 Å². The molecule has 0 saturated carbocycles. The monoisotopic (exact) mass is 246 g/mol. The summed E-state index contributed by atoms with van der Waals surface area (Å²) in [7, 11) is 0. The molecule has 1 aliphatic rings. The molecule has 0 spiro atoms. The second kappa shape index (κ2) is 6.24. The lowest BCUT2D eigenvalue weighted by molar-refractivity contribution is 0.380. The number of benzene rings is 1. The van der Waals surface area contributed by atoms with Crippen molar-refractivity contribution in [2.75, 3.05) is 24.5 Å². The molecule has 1 unspecified atom stereocenters. The van der Waals surface area contributed by atoms with Gasteiger partial charge in [0, 0.05) is 24.8 Å². The maximum absolute atomic E-state index is 3.45. The molecule has 2 nitrogen and oxygen atoms in total. The van der Waals surface area contributed by atoms with Gasteiger partial charge in [0.25, 0.3) is 0 Å². The Morgan fingerprint density at radius 1 is 1.22 bits per heavy atom. The highest BCUT2D eigenvalue weighted by Gasteiger charge is 2.25. The van der Waals surface area contributed by atoms with Gasteiger partial charge in [-0.3, -0.25) is 0 Å². The predicted molar refractivity (Wildman–Crippen MR) is 79.1 cm³/mol. The minimum Gasteiger partial charge on any atom is -0.371 e. The number of anilines is 1. The van der Waals surface area contributed by atoms with Crippen molar-refractivity contribution in [2.24, 2.45) is 5.92 Å². The Kier molecular flexibility index (Phi) is 4.65. The smallest absolute Gasteiger partial charge is 0.0366 e. The maximum atomic E-state index is 3.45. The zero-order valence-corrected chi connectivity index (χ0v) is 11.9. The minimum atomic E-state index is 0.452. The Labute approximate surface area is 111 Å². The van der Waals surface area contributed by atoms with Crippen LogP contribution >= 0.6 is 0 Å². The van der Waals surface area contributed by atoms with Crippen molar-refractivity contribution in [2.45, 2.75) is 39.7 Å². The molecule has 0 aliphatic carbocycles. The zero-order valence-electron chi connectivity index (χ0n) is 11.9. The third kappa shape index (κ3) is 3.05. The van der Waals surface area contributed by atoms with Crippen LogP contribution in [0.2, 0.25) is 0 Å². The van der Waals surface area contributed by atoms with Crippen LogP contribution < -0.4 is 10.2 Å². The van der Waals surface area contributed by atoms with Crippen molar-refractivity contribution in [3.05, 3.63) is 29.8 Å². The van der Waals surface area contributed by atoms with Crippen molar-refractivity contribution < 1.29 is 0 Å². The molecule has 1 aromatic rings. The van der Waals surface area contributed by atoms with Gasteiger partial charge in [-0.25, -0.2) is 0 Å². The first kappa shape index (κ1) is 13.4. The van der Waals surface area contributed by atoms with Crippen LogP contribution in [0.15, 0.2) is 24.3 Å².